The van der Waals surface area contributed by atoms with E-state index in [4.69, 9.17) is 17.3 Å². The number of carbonyl (C=O) groups excluding carboxylic acids is 1. The zero-order chi connectivity index (χ0) is 17.4. The fourth-order valence-corrected chi connectivity index (χ4v) is 3.56. The second-order valence-electron chi connectivity index (χ2n) is 7.02. The SMILES string of the molecule is NC1CCC(NC(=O)c2nc(C3CC3)n(-c3ccccc3Cl)n2)CC1. The van der Waals surface area contributed by atoms with Crippen LogP contribution in [-0.2, 0) is 0 Å². The minimum atomic E-state index is -0.215. The molecule has 2 saturated carbocycles. The number of rotatable bonds is 4. The number of nitrogens with two attached hydrogens (primary N) is 1. The maximum atomic E-state index is 12.6. The summed E-state index contributed by atoms with van der Waals surface area (Å²) in [5.41, 5.74) is 6.69. The molecule has 3 N–H and O–H groups in total. The topological polar surface area (TPSA) is 85.8 Å². The standard InChI is InChI=1S/C18H22ClN5O/c19-14-3-1-2-4-15(14)24-17(11-5-6-11)22-16(23-24)18(25)21-13-9-7-12(20)8-10-13/h1-4,11-13H,5-10,20H2,(H,21,25). The molecule has 1 aromatic heterocycles. The maximum Gasteiger partial charge on any atom is 0.291 e. The summed E-state index contributed by atoms with van der Waals surface area (Å²) in [6.45, 7) is 0. The number of hydrogen-bond acceptors (Lipinski definition) is 4. The summed E-state index contributed by atoms with van der Waals surface area (Å²) < 4.78 is 1.73. The molecule has 1 aromatic carbocycles. The highest BCUT2D eigenvalue weighted by Crippen LogP contribution is 2.40. The lowest BCUT2D eigenvalue weighted by Gasteiger charge is -2.26. The summed E-state index contributed by atoms with van der Waals surface area (Å²) in [7, 11) is 0. The molecule has 7 heteroatoms. The molecule has 6 nitrogen and oxygen atoms in total. The highest BCUT2D eigenvalue weighted by atomic mass is 35.5. The predicted octanol–water partition coefficient (Wildman–Crippen LogP) is 2.80. The molecule has 0 aliphatic heterocycles. The molecule has 25 heavy (non-hydrogen) atoms. The van der Waals surface area contributed by atoms with Gasteiger partial charge in [-0.1, -0.05) is 23.7 Å². The van der Waals surface area contributed by atoms with Crippen LogP contribution in [-0.4, -0.2) is 32.8 Å². The summed E-state index contributed by atoms with van der Waals surface area (Å²) in [5.74, 6) is 1.19. The normalized spacial score (nSPS) is 23.4. The Balaban J connectivity index is 1.57. The lowest BCUT2D eigenvalue weighted by Crippen LogP contribution is -2.40. The molecule has 0 saturated heterocycles. The third kappa shape index (κ3) is 3.55. The van der Waals surface area contributed by atoms with Gasteiger partial charge in [-0.15, -0.1) is 5.10 Å². The van der Waals surface area contributed by atoms with E-state index in [0.29, 0.717) is 10.9 Å². The van der Waals surface area contributed by atoms with E-state index in [1.54, 1.807) is 4.68 Å². The molecule has 0 bridgehead atoms. The number of para-hydroxylation sites is 1. The van der Waals surface area contributed by atoms with Crippen molar-refractivity contribution < 1.29 is 4.79 Å². The largest absolute Gasteiger partial charge is 0.347 e. The van der Waals surface area contributed by atoms with Crippen molar-refractivity contribution in [3.8, 4) is 5.69 Å². The van der Waals surface area contributed by atoms with Gasteiger partial charge in [-0.25, -0.2) is 9.67 Å². The van der Waals surface area contributed by atoms with Crippen LogP contribution in [0, 0.1) is 0 Å². The number of aromatic nitrogens is 3. The van der Waals surface area contributed by atoms with Gasteiger partial charge >= 0.3 is 0 Å². The van der Waals surface area contributed by atoms with Crippen molar-refractivity contribution in [1.82, 2.24) is 20.1 Å². The van der Waals surface area contributed by atoms with Gasteiger partial charge in [0, 0.05) is 18.0 Å². The Labute approximate surface area is 151 Å². The Morgan fingerprint density at radius 2 is 1.88 bits per heavy atom. The first-order valence-electron chi connectivity index (χ1n) is 8.90. The van der Waals surface area contributed by atoms with Gasteiger partial charge in [0.05, 0.1) is 10.7 Å². The van der Waals surface area contributed by atoms with E-state index < -0.39 is 0 Å². The Hall–Kier alpha value is -1.92. The third-order valence-corrected chi connectivity index (χ3v) is 5.29. The highest BCUT2D eigenvalue weighted by molar-refractivity contribution is 6.32. The van der Waals surface area contributed by atoms with Gasteiger partial charge in [0.2, 0.25) is 5.82 Å². The average Bonchev–Trinajstić information content (AvgIpc) is 3.36. The van der Waals surface area contributed by atoms with E-state index in [1.165, 1.54) is 0 Å². The van der Waals surface area contributed by atoms with Crippen LogP contribution in [0.1, 0.15) is 60.9 Å². The van der Waals surface area contributed by atoms with Crippen LogP contribution in [0.3, 0.4) is 0 Å². The molecular formula is C18H22ClN5O. The van der Waals surface area contributed by atoms with Gasteiger partial charge in [0.15, 0.2) is 0 Å². The fourth-order valence-electron chi connectivity index (χ4n) is 3.34. The monoisotopic (exact) mass is 359 g/mol. The molecule has 1 heterocycles. The Morgan fingerprint density at radius 1 is 1.16 bits per heavy atom. The molecule has 132 valence electrons. The van der Waals surface area contributed by atoms with Gasteiger partial charge in [0.25, 0.3) is 5.91 Å². The zero-order valence-corrected chi connectivity index (χ0v) is 14.7. The number of nitrogens with one attached hydrogen (secondary N) is 1. The lowest BCUT2D eigenvalue weighted by molar-refractivity contribution is 0.0915. The highest BCUT2D eigenvalue weighted by Gasteiger charge is 2.32. The van der Waals surface area contributed by atoms with Gasteiger partial charge in [0.1, 0.15) is 5.82 Å². The summed E-state index contributed by atoms with van der Waals surface area (Å²) >= 11 is 6.31. The van der Waals surface area contributed by atoms with Crippen LogP contribution in [0.15, 0.2) is 24.3 Å². The Kier molecular flexibility index (Phi) is 4.48. The van der Waals surface area contributed by atoms with Crippen LogP contribution >= 0.6 is 11.6 Å². The molecule has 4 rings (SSSR count). The van der Waals surface area contributed by atoms with E-state index in [2.05, 4.69) is 15.4 Å². The summed E-state index contributed by atoms with van der Waals surface area (Å²) in [5, 5.41) is 8.12. The Bertz CT molecular complexity index is 778. The molecule has 2 aromatic rings. The first kappa shape index (κ1) is 16.5. The smallest absolute Gasteiger partial charge is 0.291 e. The Morgan fingerprint density at radius 3 is 2.56 bits per heavy atom. The molecule has 1 amide bonds. The van der Waals surface area contributed by atoms with Crippen molar-refractivity contribution in [2.45, 2.75) is 56.5 Å². The molecule has 0 spiro atoms. The molecule has 2 aliphatic carbocycles. The van der Waals surface area contributed by atoms with Gasteiger partial charge < -0.3 is 11.1 Å². The number of amides is 1. The molecule has 2 fully saturated rings. The number of halogens is 1. The molecule has 2 aliphatic rings. The minimum Gasteiger partial charge on any atom is -0.347 e. The van der Waals surface area contributed by atoms with Gasteiger partial charge in [-0.2, -0.15) is 0 Å². The van der Waals surface area contributed by atoms with E-state index in [1.807, 2.05) is 24.3 Å². The lowest BCUT2D eigenvalue weighted by atomic mass is 9.92. The quantitative estimate of drug-likeness (QED) is 0.878. The van der Waals surface area contributed by atoms with E-state index >= 15 is 0 Å². The van der Waals surface area contributed by atoms with Crippen molar-refractivity contribution >= 4 is 17.5 Å². The summed E-state index contributed by atoms with van der Waals surface area (Å²) in [4.78, 5) is 17.1. The first-order chi connectivity index (χ1) is 12.1. The van der Waals surface area contributed by atoms with E-state index in [-0.39, 0.29) is 23.8 Å². The minimum absolute atomic E-state index is 0.156. The maximum absolute atomic E-state index is 12.6. The zero-order valence-electron chi connectivity index (χ0n) is 14.0. The van der Waals surface area contributed by atoms with Crippen molar-refractivity contribution in [3.05, 3.63) is 40.9 Å². The molecule has 0 atom stereocenters. The summed E-state index contributed by atoms with van der Waals surface area (Å²) in [6.07, 6.45) is 5.86. The van der Waals surface area contributed by atoms with Gasteiger partial charge in [-0.3, -0.25) is 4.79 Å². The van der Waals surface area contributed by atoms with Crippen molar-refractivity contribution in [2.75, 3.05) is 0 Å². The second-order valence-corrected chi connectivity index (χ2v) is 7.42. The van der Waals surface area contributed by atoms with Crippen LogP contribution in [0.25, 0.3) is 5.69 Å². The van der Waals surface area contributed by atoms with Crippen molar-refractivity contribution in [3.63, 3.8) is 0 Å². The molecule has 0 unspecified atom stereocenters. The third-order valence-electron chi connectivity index (χ3n) is 4.97. The predicted molar refractivity (Wildman–Crippen MR) is 96.0 cm³/mol. The van der Waals surface area contributed by atoms with Crippen molar-refractivity contribution in [1.29, 1.82) is 0 Å². The van der Waals surface area contributed by atoms with Gasteiger partial charge in [-0.05, 0) is 50.7 Å². The van der Waals surface area contributed by atoms with Crippen LogP contribution < -0.4 is 11.1 Å². The van der Waals surface area contributed by atoms with E-state index in [0.717, 1.165) is 50.0 Å². The molecular weight excluding hydrogens is 338 g/mol. The number of benzene rings is 1. The average molecular weight is 360 g/mol. The van der Waals surface area contributed by atoms with Crippen LogP contribution in [0.2, 0.25) is 5.02 Å². The number of nitrogens with zero attached hydrogens (tertiary/aromatic N) is 3. The first-order valence-corrected chi connectivity index (χ1v) is 9.28. The number of carbonyl (C=O) groups is 1. The van der Waals surface area contributed by atoms with E-state index in [9.17, 15) is 4.79 Å². The number of hydrogen-bond donors (Lipinski definition) is 2. The van der Waals surface area contributed by atoms with Crippen LogP contribution in [0.5, 0.6) is 0 Å². The summed E-state index contributed by atoms with van der Waals surface area (Å²) in [6, 6.07) is 7.91. The fraction of sp³-hybridized carbons (Fsp3) is 0.500. The van der Waals surface area contributed by atoms with Crippen LogP contribution in [0.4, 0.5) is 0 Å². The molecule has 0 radical (unpaired) electrons. The second kappa shape index (κ2) is 6.77. The van der Waals surface area contributed by atoms with Crippen molar-refractivity contribution in [2.24, 2.45) is 5.73 Å².